The second-order valence-corrected chi connectivity index (χ2v) is 8.55. The molecule has 0 aliphatic rings. The normalized spacial score (nSPS) is 11.2. The van der Waals surface area contributed by atoms with Crippen LogP contribution in [0.5, 0.6) is 17.2 Å². The van der Waals surface area contributed by atoms with Gasteiger partial charge in [-0.2, -0.15) is 0 Å². The molecular formula is C29H23ClN2O6. The van der Waals surface area contributed by atoms with Crippen molar-refractivity contribution < 1.29 is 29.0 Å². The summed E-state index contributed by atoms with van der Waals surface area (Å²) in [6.07, 6.45) is -0.667. The van der Waals surface area contributed by atoms with E-state index in [1.54, 1.807) is 66.7 Å². The molecule has 38 heavy (non-hydrogen) atoms. The third-order valence-corrected chi connectivity index (χ3v) is 5.70. The van der Waals surface area contributed by atoms with E-state index in [1.165, 1.54) is 6.07 Å². The Bertz CT molecular complexity index is 1410. The summed E-state index contributed by atoms with van der Waals surface area (Å²) in [7, 11) is 0. The second kappa shape index (κ2) is 12.4. The Morgan fingerprint density at radius 2 is 1.37 bits per heavy atom. The lowest BCUT2D eigenvalue weighted by Gasteiger charge is -2.15. The molecule has 0 fully saturated rings. The molecule has 4 aromatic carbocycles. The zero-order chi connectivity index (χ0) is 26.9. The van der Waals surface area contributed by atoms with Crippen LogP contribution in [-0.2, 0) is 11.2 Å². The lowest BCUT2D eigenvalue weighted by atomic mass is 10.1. The number of ether oxygens (including phenoxy) is 2. The number of hydrogen-bond donors (Lipinski definition) is 3. The molecule has 3 N–H and O–H groups in total. The van der Waals surface area contributed by atoms with E-state index < -0.39 is 24.0 Å². The highest BCUT2D eigenvalue weighted by Gasteiger charge is 2.22. The Balaban J connectivity index is 1.30. The van der Waals surface area contributed by atoms with Gasteiger partial charge >= 0.3 is 12.1 Å². The number of carboxylic acid groups (broad SMARTS) is 1. The first-order chi connectivity index (χ1) is 18.4. The van der Waals surface area contributed by atoms with E-state index in [4.69, 9.17) is 21.1 Å². The predicted molar refractivity (Wildman–Crippen MR) is 143 cm³/mol. The molecule has 2 amide bonds. The molecule has 0 bridgehead atoms. The summed E-state index contributed by atoms with van der Waals surface area (Å²) >= 11 is 6.03. The van der Waals surface area contributed by atoms with Gasteiger partial charge in [-0.3, -0.25) is 10.1 Å². The lowest BCUT2D eigenvalue weighted by molar-refractivity contribution is -0.139. The highest BCUT2D eigenvalue weighted by molar-refractivity contribution is 6.33. The van der Waals surface area contributed by atoms with Crippen LogP contribution in [0.25, 0.3) is 0 Å². The molecule has 0 unspecified atom stereocenters. The van der Waals surface area contributed by atoms with Crippen molar-refractivity contribution in [1.82, 2.24) is 5.32 Å². The van der Waals surface area contributed by atoms with Gasteiger partial charge in [-0.15, -0.1) is 0 Å². The fourth-order valence-electron chi connectivity index (χ4n) is 3.49. The summed E-state index contributed by atoms with van der Waals surface area (Å²) in [5.74, 6) is -0.186. The molecule has 8 nitrogen and oxygen atoms in total. The van der Waals surface area contributed by atoms with Gasteiger partial charge in [0, 0.05) is 12.1 Å². The van der Waals surface area contributed by atoms with E-state index in [-0.39, 0.29) is 22.8 Å². The maximum Gasteiger partial charge on any atom is 0.417 e. The van der Waals surface area contributed by atoms with Crippen molar-refractivity contribution in [1.29, 1.82) is 0 Å². The minimum absolute atomic E-state index is 0.0232. The Morgan fingerprint density at radius 1 is 0.763 bits per heavy atom. The number of para-hydroxylation sites is 1. The van der Waals surface area contributed by atoms with Crippen LogP contribution in [0.1, 0.15) is 15.9 Å². The fourth-order valence-corrected chi connectivity index (χ4v) is 3.71. The molecule has 9 heteroatoms. The molecule has 0 heterocycles. The minimum Gasteiger partial charge on any atom is -0.480 e. The van der Waals surface area contributed by atoms with E-state index in [1.807, 2.05) is 30.3 Å². The van der Waals surface area contributed by atoms with Gasteiger partial charge in [0.1, 0.15) is 23.3 Å². The zero-order valence-corrected chi connectivity index (χ0v) is 20.7. The maximum absolute atomic E-state index is 12.5. The topological polar surface area (TPSA) is 114 Å². The largest absolute Gasteiger partial charge is 0.480 e. The number of carbonyl (C=O) groups excluding carboxylic acids is 2. The van der Waals surface area contributed by atoms with Crippen molar-refractivity contribution >= 4 is 35.3 Å². The van der Waals surface area contributed by atoms with Gasteiger partial charge in [0.2, 0.25) is 0 Å². The van der Waals surface area contributed by atoms with E-state index in [2.05, 4.69) is 10.6 Å². The van der Waals surface area contributed by atoms with Crippen LogP contribution in [0.15, 0.2) is 103 Å². The van der Waals surface area contributed by atoms with Crippen LogP contribution in [0.3, 0.4) is 0 Å². The molecule has 0 saturated carbocycles. The number of benzene rings is 4. The summed E-state index contributed by atoms with van der Waals surface area (Å²) in [4.78, 5) is 36.5. The van der Waals surface area contributed by atoms with Crippen molar-refractivity contribution in [2.45, 2.75) is 12.5 Å². The van der Waals surface area contributed by atoms with Gasteiger partial charge in [0.15, 0.2) is 0 Å². The van der Waals surface area contributed by atoms with Gasteiger partial charge in [0.25, 0.3) is 5.91 Å². The molecule has 0 radical (unpaired) electrons. The monoisotopic (exact) mass is 530 g/mol. The number of carbonyl (C=O) groups is 3. The van der Waals surface area contributed by atoms with Crippen LogP contribution in [-0.4, -0.2) is 29.1 Å². The molecule has 1 atom stereocenters. The van der Waals surface area contributed by atoms with E-state index in [9.17, 15) is 19.5 Å². The molecular weight excluding hydrogens is 508 g/mol. The molecule has 0 spiro atoms. The van der Waals surface area contributed by atoms with E-state index >= 15 is 0 Å². The number of hydrogen-bond acceptors (Lipinski definition) is 5. The van der Waals surface area contributed by atoms with E-state index in [0.29, 0.717) is 22.7 Å². The number of halogens is 1. The minimum atomic E-state index is -1.19. The van der Waals surface area contributed by atoms with Gasteiger partial charge < -0.3 is 19.9 Å². The highest BCUT2D eigenvalue weighted by Crippen LogP contribution is 2.23. The fraction of sp³-hybridized carbons (Fsp3) is 0.0690. The number of rotatable bonds is 9. The molecule has 4 aromatic rings. The second-order valence-electron chi connectivity index (χ2n) is 8.15. The summed E-state index contributed by atoms with van der Waals surface area (Å²) < 4.78 is 11.0. The molecule has 0 saturated heterocycles. The average Bonchev–Trinajstić information content (AvgIpc) is 2.91. The summed E-state index contributed by atoms with van der Waals surface area (Å²) in [6.45, 7) is 0. The summed E-state index contributed by atoms with van der Waals surface area (Å²) in [5.41, 5.74) is 1.33. The highest BCUT2D eigenvalue weighted by atomic mass is 35.5. The zero-order valence-electron chi connectivity index (χ0n) is 20.0. The molecule has 0 aliphatic heterocycles. The average molecular weight is 531 g/mol. The van der Waals surface area contributed by atoms with E-state index in [0.717, 1.165) is 0 Å². The number of aliphatic carboxylic acids is 1. The quantitative estimate of drug-likeness (QED) is 0.238. The van der Waals surface area contributed by atoms with Crippen LogP contribution >= 0.6 is 11.6 Å². The SMILES string of the molecule is O=C(Nc1ccc(Oc2ccccc2)cc1)Oc1ccc(C[C@H](NC(=O)c2ccccc2Cl)C(=O)O)cc1. The van der Waals surface area contributed by atoms with Crippen LogP contribution in [0, 0.1) is 0 Å². The molecule has 192 valence electrons. The van der Waals surface area contributed by atoms with Crippen LogP contribution in [0.2, 0.25) is 5.02 Å². The van der Waals surface area contributed by atoms with Gasteiger partial charge in [-0.05, 0) is 66.2 Å². The first-order valence-corrected chi connectivity index (χ1v) is 11.9. The Hall–Kier alpha value is -4.82. The number of nitrogens with one attached hydrogen (secondary N) is 2. The molecule has 0 aromatic heterocycles. The standard InChI is InChI=1S/C29H23ClN2O6/c30-25-9-5-4-8-24(25)27(33)32-26(28(34)35)18-19-10-14-23(15-11-19)38-29(36)31-20-12-16-22(17-13-20)37-21-6-2-1-3-7-21/h1-17,26H,18H2,(H,31,36)(H,32,33)(H,34,35)/t26-/m0/s1. The van der Waals surface area contributed by atoms with Crippen LogP contribution in [0.4, 0.5) is 10.5 Å². The third kappa shape index (κ3) is 7.35. The smallest absolute Gasteiger partial charge is 0.417 e. The number of carboxylic acids is 1. The molecule has 4 rings (SSSR count). The van der Waals surface area contributed by atoms with Gasteiger partial charge in [0.05, 0.1) is 10.6 Å². The molecule has 0 aliphatic carbocycles. The predicted octanol–water partition coefficient (Wildman–Crippen LogP) is 6.17. The summed E-state index contributed by atoms with van der Waals surface area (Å²) in [5, 5.41) is 14.9. The number of anilines is 1. The van der Waals surface area contributed by atoms with Crippen molar-refractivity contribution in [3.8, 4) is 17.2 Å². The Morgan fingerprint density at radius 3 is 2.03 bits per heavy atom. The summed E-state index contributed by atoms with van der Waals surface area (Å²) in [6, 6.07) is 27.7. The lowest BCUT2D eigenvalue weighted by Crippen LogP contribution is -2.42. The van der Waals surface area contributed by atoms with Crippen molar-refractivity contribution in [2.24, 2.45) is 0 Å². The first-order valence-electron chi connectivity index (χ1n) is 11.6. The van der Waals surface area contributed by atoms with Crippen molar-refractivity contribution in [3.05, 3.63) is 119 Å². The third-order valence-electron chi connectivity index (χ3n) is 5.38. The maximum atomic E-state index is 12.5. The first kappa shape index (κ1) is 26.2. The van der Waals surface area contributed by atoms with Gasteiger partial charge in [-0.1, -0.05) is 54.1 Å². The van der Waals surface area contributed by atoms with Crippen LogP contribution < -0.4 is 20.1 Å². The van der Waals surface area contributed by atoms with Crippen molar-refractivity contribution in [2.75, 3.05) is 5.32 Å². The van der Waals surface area contributed by atoms with Crippen molar-refractivity contribution in [3.63, 3.8) is 0 Å². The number of amides is 2. The Kier molecular flexibility index (Phi) is 8.58. The Labute approximate surface area is 223 Å². The van der Waals surface area contributed by atoms with Gasteiger partial charge in [-0.25, -0.2) is 9.59 Å².